The summed E-state index contributed by atoms with van der Waals surface area (Å²) in [7, 11) is 1.64. The van der Waals surface area contributed by atoms with E-state index in [-0.39, 0.29) is 11.5 Å². The van der Waals surface area contributed by atoms with Gasteiger partial charge in [-0.3, -0.25) is 5.73 Å². The van der Waals surface area contributed by atoms with Crippen LogP contribution in [0, 0.1) is 0 Å². The third kappa shape index (κ3) is 3.97. The minimum Gasteiger partial charge on any atom is -0.497 e. The first kappa shape index (κ1) is 17.0. The normalized spacial score (nSPS) is 11.9. The molecule has 0 aliphatic carbocycles. The second kappa shape index (κ2) is 7.36. The molecule has 1 unspecified atom stereocenters. The van der Waals surface area contributed by atoms with Crippen LogP contribution in [0.5, 0.6) is 5.75 Å². The first-order chi connectivity index (χ1) is 12.1. The van der Waals surface area contributed by atoms with Gasteiger partial charge in [-0.15, -0.1) is 0 Å². The van der Waals surface area contributed by atoms with Crippen molar-refractivity contribution in [2.45, 2.75) is 12.3 Å². The van der Waals surface area contributed by atoms with Crippen LogP contribution in [0.3, 0.4) is 0 Å². The van der Waals surface area contributed by atoms with E-state index in [1.54, 1.807) is 19.2 Å². The molecule has 128 valence electrons. The number of thiazole rings is 1. The molecule has 1 aromatic heterocycles. The smallest absolute Gasteiger partial charge is 0.335 e. The number of H-pyrrole nitrogens is 1. The number of nitrogens with two attached hydrogens (primary N) is 1. The Balaban J connectivity index is 1.91. The van der Waals surface area contributed by atoms with Crippen molar-refractivity contribution in [3.8, 4) is 5.75 Å². The average molecular weight is 355 g/mol. The molecule has 1 heterocycles. The maximum absolute atomic E-state index is 11.0. The maximum Gasteiger partial charge on any atom is 0.335 e. The SMILES string of the molecule is COc1ccc(C(Cc2ccc(C(=O)O)cc2)c2csc(N)[nH+]2)cc1. The van der Waals surface area contributed by atoms with Gasteiger partial charge in [-0.2, -0.15) is 0 Å². The summed E-state index contributed by atoms with van der Waals surface area (Å²) in [6, 6.07) is 14.9. The molecule has 0 aliphatic rings. The number of rotatable bonds is 6. The first-order valence-corrected chi connectivity index (χ1v) is 8.67. The van der Waals surface area contributed by atoms with Crippen molar-refractivity contribution in [3.05, 3.63) is 76.3 Å². The fraction of sp³-hybridized carbons (Fsp3) is 0.158. The highest BCUT2D eigenvalue weighted by molar-refractivity contribution is 7.13. The van der Waals surface area contributed by atoms with Crippen LogP contribution < -0.4 is 15.5 Å². The summed E-state index contributed by atoms with van der Waals surface area (Å²) >= 11 is 1.47. The van der Waals surface area contributed by atoms with Gasteiger partial charge in [-0.05, 0) is 41.8 Å². The van der Waals surface area contributed by atoms with Crippen LogP contribution in [0.2, 0.25) is 0 Å². The molecule has 3 aromatic rings. The van der Waals surface area contributed by atoms with E-state index in [9.17, 15) is 4.79 Å². The zero-order valence-electron chi connectivity index (χ0n) is 13.7. The zero-order chi connectivity index (χ0) is 17.8. The molecule has 0 saturated heterocycles. The van der Waals surface area contributed by atoms with Crippen molar-refractivity contribution in [1.29, 1.82) is 0 Å². The molecule has 0 saturated carbocycles. The van der Waals surface area contributed by atoms with Crippen LogP contribution >= 0.6 is 11.3 Å². The number of ether oxygens (including phenoxy) is 1. The Bertz CT molecular complexity index is 857. The van der Waals surface area contributed by atoms with Gasteiger partial charge in [0.1, 0.15) is 11.4 Å². The lowest BCUT2D eigenvalue weighted by molar-refractivity contribution is -0.368. The Morgan fingerprint density at radius 1 is 1.20 bits per heavy atom. The number of carboxylic acid groups (broad SMARTS) is 1. The van der Waals surface area contributed by atoms with Crippen LogP contribution in [0.15, 0.2) is 53.9 Å². The van der Waals surface area contributed by atoms with E-state index in [2.05, 4.69) is 4.98 Å². The van der Waals surface area contributed by atoms with Crippen LogP contribution in [-0.2, 0) is 6.42 Å². The molecule has 1 atom stereocenters. The number of aromatic carboxylic acids is 1. The van der Waals surface area contributed by atoms with E-state index in [0.29, 0.717) is 5.13 Å². The molecule has 0 aliphatic heterocycles. The zero-order valence-corrected chi connectivity index (χ0v) is 14.5. The topological polar surface area (TPSA) is 86.7 Å². The number of anilines is 1. The number of carbonyl (C=O) groups is 1. The van der Waals surface area contributed by atoms with Crippen LogP contribution in [0.4, 0.5) is 5.13 Å². The fourth-order valence-electron chi connectivity index (χ4n) is 2.76. The molecular weight excluding hydrogens is 336 g/mol. The number of carboxylic acids is 1. The van der Waals surface area contributed by atoms with Gasteiger partial charge in [0.05, 0.1) is 18.6 Å². The average Bonchev–Trinajstić information content (AvgIpc) is 3.06. The number of methoxy groups -OCH3 is 1. The second-order valence-electron chi connectivity index (χ2n) is 5.71. The highest BCUT2D eigenvalue weighted by Gasteiger charge is 2.20. The first-order valence-electron chi connectivity index (χ1n) is 7.79. The third-order valence-electron chi connectivity index (χ3n) is 4.11. The number of benzene rings is 2. The van der Waals surface area contributed by atoms with Crippen molar-refractivity contribution >= 4 is 22.4 Å². The van der Waals surface area contributed by atoms with Crippen molar-refractivity contribution in [2.24, 2.45) is 0 Å². The van der Waals surface area contributed by atoms with E-state index in [0.717, 1.165) is 29.0 Å². The quantitative estimate of drug-likeness (QED) is 0.711. The minimum atomic E-state index is -0.919. The fourth-order valence-corrected chi connectivity index (χ4v) is 3.41. The molecular formula is C19H19N2O3S+. The van der Waals surface area contributed by atoms with Gasteiger partial charge in [0.15, 0.2) is 0 Å². The molecule has 2 aromatic carbocycles. The number of aromatic nitrogens is 1. The van der Waals surface area contributed by atoms with E-state index < -0.39 is 5.97 Å². The predicted octanol–water partition coefficient (Wildman–Crippen LogP) is 3.23. The Labute approximate surface area is 149 Å². The summed E-state index contributed by atoms with van der Waals surface area (Å²) in [5.41, 5.74) is 9.38. The monoisotopic (exact) mass is 355 g/mol. The third-order valence-corrected chi connectivity index (χ3v) is 4.84. The summed E-state index contributed by atoms with van der Waals surface area (Å²) in [6.07, 6.45) is 0.735. The van der Waals surface area contributed by atoms with Gasteiger partial charge >= 0.3 is 11.1 Å². The Morgan fingerprint density at radius 2 is 1.88 bits per heavy atom. The van der Waals surface area contributed by atoms with Crippen molar-refractivity contribution in [3.63, 3.8) is 0 Å². The molecule has 0 amide bonds. The molecule has 0 spiro atoms. The summed E-state index contributed by atoms with van der Waals surface area (Å²) < 4.78 is 5.23. The molecule has 0 radical (unpaired) electrons. The molecule has 4 N–H and O–H groups in total. The summed E-state index contributed by atoms with van der Waals surface area (Å²) in [5, 5.41) is 11.7. The molecule has 5 nitrogen and oxygen atoms in total. The molecule has 25 heavy (non-hydrogen) atoms. The van der Waals surface area contributed by atoms with Gasteiger partial charge < -0.3 is 9.84 Å². The maximum atomic E-state index is 11.0. The Kier molecular flexibility index (Phi) is 5.00. The molecule has 0 bridgehead atoms. The highest BCUT2D eigenvalue weighted by atomic mass is 32.1. The van der Waals surface area contributed by atoms with E-state index in [1.807, 2.05) is 41.8 Å². The molecule has 6 heteroatoms. The lowest BCUT2D eigenvalue weighted by Crippen LogP contribution is -2.17. The van der Waals surface area contributed by atoms with Crippen LogP contribution in [0.25, 0.3) is 0 Å². The van der Waals surface area contributed by atoms with Gasteiger partial charge in [0, 0.05) is 5.38 Å². The van der Waals surface area contributed by atoms with Crippen molar-refractivity contribution in [2.75, 3.05) is 12.8 Å². The number of nitrogen functional groups attached to an aromatic ring is 1. The van der Waals surface area contributed by atoms with Crippen molar-refractivity contribution in [1.82, 2.24) is 0 Å². The lowest BCUT2D eigenvalue weighted by atomic mass is 9.89. The molecule has 0 fully saturated rings. The number of nitrogens with one attached hydrogen (secondary N) is 1. The predicted molar refractivity (Wildman–Crippen MR) is 97.2 cm³/mol. The van der Waals surface area contributed by atoms with Crippen LogP contribution in [0.1, 0.15) is 33.1 Å². The molecule has 3 rings (SSSR count). The highest BCUT2D eigenvalue weighted by Crippen LogP contribution is 2.29. The number of hydrogen-bond donors (Lipinski definition) is 2. The minimum absolute atomic E-state index is 0.0927. The number of hydrogen-bond acceptors (Lipinski definition) is 4. The van der Waals surface area contributed by atoms with Gasteiger partial charge in [-0.25, -0.2) is 9.78 Å². The Morgan fingerprint density at radius 3 is 2.40 bits per heavy atom. The van der Waals surface area contributed by atoms with Gasteiger partial charge in [0.25, 0.3) is 0 Å². The summed E-state index contributed by atoms with van der Waals surface area (Å²) in [5.74, 6) is -0.0190. The van der Waals surface area contributed by atoms with E-state index in [4.69, 9.17) is 15.6 Å². The van der Waals surface area contributed by atoms with Crippen LogP contribution in [-0.4, -0.2) is 18.2 Å². The Hall–Kier alpha value is -2.86. The van der Waals surface area contributed by atoms with E-state index in [1.165, 1.54) is 11.3 Å². The standard InChI is InChI=1S/C19H18N2O3S/c1-24-15-8-6-13(7-9-15)16(17-11-25-19(20)21-17)10-12-2-4-14(5-3-12)18(22)23/h2-9,11,16H,10H2,1H3,(H2,20,21)(H,22,23)/p+1. The van der Waals surface area contributed by atoms with Crippen molar-refractivity contribution < 1.29 is 19.6 Å². The summed E-state index contributed by atoms with van der Waals surface area (Å²) in [4.78, 5) is 14.2. The summed E-state index contributed by atoms with van der Waals surface area (Å²) in [6.45, 7) is 0. The number of aromatic amines is 1. The van der Waals surface area contributed by atoms with E-state index >= 15 is 0 Å². The largest absolute Gasteiger partial charge is 0.497 e. The second-order valence-corrected chi connectivity index (χ2v) is 6.62. The van der Waals surface area contributed by atoms with Gasteiger partial charge in [0.2, 0.25) is 0 Å². The van der Waals surface area contributed by atoms with Gasteiger partial charge in [-0.1, -0.05) is 35.6 Å². The lowest BCUT2D eigenvalue weighted by Gasteiger charge is -2.15.